The van der Waals surface area contributed by atoms with E-state index in [1.165, 1.54) is 0 Å². The van der Waals surface area contributed by atoms with Crippen molar-refractivity contribution in [2.45, 2.75) is 32.1 Å². The van der Waals surface area contributed by atoms with Gasteiger partial charge in [-0.2, -0.15) is 0 Å². The predicted octanol–water partition coefficient (Wildman–Crippen LogP) is 2.51. The lowest BCUT2D eigenvalue weighted by molar-refractivity contribution is -0.126. The summed E-state index contributed by atoms with van der Waals surface area (Å²) >= 11 is 5.86. The van der Waals surface area contributed by atoms with Gasteiger partial charge in [0.25, 0.3) is 0 Å². The number of rotatable bonds is 5. The molecular formula is C15H20ClNO2. The van der Waals surface area contributed by atoms with Crippen molar-refractivity contribution in [3.8, 4) is 0 Å². The SMILES string of the molecule is CC(C)(C(=O)NCC1(CO)CC1)c1ccc(Cl)cc1. The van der Waals surface area contributed by atoms with Crippen LogP contribution in [-0.4, -0.2) is 24.2 Å². The summed E-state index contributed by atoms with van der Waals surface area (Å²) in [7, 11) is 0. The molecule has 0 atom stereocenters. The van der Waals surface area contributed by atoms with Crippen molar-refractivity contribution in [3.63, 3.8) is 0 Å². The summed E-state index contributed by atoms with van der Waals surface area (Å²) in [6.07, 6.45) is 1.98. The highest BCUT2D eigenvalue weighted by Gasteiger charge is 2.43. The van der Waals surface area contributed by atoms with Crippen molar-refractivity contribution in [1.29, 1.82) is 0 Å². The van der Waals surface area contributed by atoms with Crippen LogP contribution in [0.1, 0.15) is 32.3 Å². The molecule has 2 N–H and O–H groups in total. The molecule has 1 saturated carbocycles. The maximum Gasteiger partial charge on any atom is 0.230 e. The zero-order valence-corrected chi connectivity index (χ0v) is 12.1. The number of carbonyl (C=O) groups excluding carboxylic acids is 1. The Morgan fingerprint density at radius 1 is 1.37 bits per heavy atom. The quantitative estimate of drug-likeness (QED) is 0.871. The van der Waals surface area contributed by atoms with Gasteiger partial charge in [0.1, 0.15) is 0 Å². The van der Waals surface area contributed by atoms with E-state index in [-0.39, 0.29) is 17.9 Å². The summed E-state index contributed by atoms with van der Waals surface area (Å²) < 4.78 is 0. The van der Waals surface area contributed by atoms with Crippen LogP contribution in [0.5, 0.6) is 0 Å². The van der Waals surface area contributed by atoms with Crippen molar-refractivity contribution >= 4 is 17.5 Å². The van der Waals surface area contributed by atoms with E-state index in [0.717, 1.165) is 18.4 Å². The molecule has 0 bridgehead atoms. The van der Waals surface area contributed by atoms with Crippen molar-refractivity contribution < 1.29 is 9.90 Å². The first-order chi connectivity index (χ1) is 8.89. The molecular weight excluding hydrogens is 262 g/mol. The number of hydrogen-bond acceptors (Lipinski definition) is 2. The molecule has 3 nitrogen and oxygen atoms in total. The molecule has 1 aromatic rings. The molecule has 0 heterocycles. The maximum atomic E-state index is 12.3. The largest absolute Gasteiger partial charge is 0.396 e. The monoisotopic (exact) mass is 281 g/mol. The molecule has 1 aromatic carbocycles. The Labute approximate surface area is 119 Å². The zero-order valence-electron chi connectivity index (χ0n) is 11.4. The smallest absolute Gasteiger partial charge is 0.230 e. The second kappa shape index (κ2) is 5.14. The first-order valence-electron chi connectivity index (χ1n) is 6.55. The van der Waals surface area contributed by atoms with Crippen LogP contribution >= 0.6 is 11.6 Å². The Bertz CT molecular complexity index is 464. The van der Waals surface area contributed by atoms with E-state index < -0.39 is 5.41 Å². The number of amides is 1. The molecule has 0 aliphatic heterocycles. The number of benzene rings is 1. The topological polar surface area (TPSA) is 49.3 Å². The number of hydrogen-bond donors (Lipinski definition) is 2. The van der Waals surface area contributed by atoms with Gasteiger partial charge in [-0.3, -0.25) is 4.79 Å². The molecule has 0 aromatic heterocycles. The third-order valence-electron chi connectivity index (χ3n) is 4.05. The Hall–Kier alpha value is -1.06. The highest BCUT2D eigenvalue weighted by molar-refractivity contribution is 6.30. The molecule has 1 fully saturated rings. The molecule has 4 heteroatoms. The van der Waals surface area contributed by atoms with E-state index in [2.05, 4.69) is 5.32 Å². The second-order valence-corrected chi connectivity index (χ2v) is 6.41. The first kappa shape index (κ1) is 14.4. The van der Waals surface area contributed by atoms with Gasteiger partial charge >= 0.3 is 0 Å². The van der Waals surface area contributed by atoms with Crippen LogP contribution in [0.2, 0.25) is 5.02 Å². The zero-order chi connectivity index (χ0) is 14.1. The maximum absolute atomic E-state index is 12.3. The Balaban J connectivity index is 2.02. The van der Waals surface area contributed by atoms with E-state index in [1.54, 1.807) is 12.1 Å². The summed E-state index contributed by atoms with van der Waals surface area (Å²) in [5, 5.41) is 12.9. The fourth-order valence-corrected chi connectivity index (χ4v) is 2.18. The average Bonchev–Trinajstić information content (AvgIpc) is 3.17. The molecule has 0 spiro atoms. The van der Waals surface area contributed by atoms with E-state index in [4.69, 9.17) is 11.6 Å². The predicted molar refractivity (Wildman–Crippen MR) is 76.2 cm³/mol. The van der Waals surface area contributed by atoms with Crippen LogP contribution in [-0.2, 0) is 10.2 Å². The van der Waals surface area contributed by atoms with E-state index in [1.807, 2.05) is 26.0 Å². The summed E-state index contributed by atoms with van der Waals surface area (Å²) in [4.78, 5) is 12.3. The molecule has 2 rings (SSSR count). The third-order valence-corrected chi connectivity index (χ3v) is 4.30. The summed E-state index contributed by atoms with van der Waals surface area (Å²) in [6, 6.07) is 7.34. The van der Waals surface area contributed by atoms with Crippen LogP contribution in [0.3, 0.4) is 0 Å². The molecule has 1 aliphatic rings. The Morgan fingerprint density at radius 2 is 1.95 bits per heavy atom. The normalized spacial score (nSPS) is 17.1. The lowest BCUT2D eigenvalue weighted by Gasteiger charge is -2.25. The lowest BCUT2D eigenvalue weighted by Crippen LogP contribution is -2.43. The van der Waals surface area contributed by atoms with Gasteiger partial charge in [-0.15, -0.1) is 0 Å². The van der Waals surface area contributed by atoms with Gasteiger partial charge in [-0.05, 0) is 44.4 Å². The van der Waals surface area contributed by atoms with Gasteiger partial charge in [0.05, 0.1) is 12.0 Å². The van der Waals surface area contributed by atoms with E-state index >= 15 is 0 Å². The number of nitrogens with one attached hydrogen (secondary N) is 1. The standard InChI is InChI=1S/C15H20ClNO2/c1-14(2,11-3-5-12(16)6-4-11)13(19)17-9-15(10-18)7-8-15/h3-6,18H,7-10H2,1-2H3,(H,17,19). The molecule has 19 heavy (non-hydrogen) atoms. The number of aliphatic hydroxyl groups excluding tert-OH is 1. The fourth-order valence-electron chi connectivity index (χ4n) is 2.05. The van der Waals surface area contributed by atoms with Gasteiger partial charge < -0.3 is 10.4 Å². The second-order valence-electron chi connectivity index (χ2n) is 5.97. The summed E-state index contributed by atoms with van der Waals surface area (Å²) in [5.74, 6) is -0.0189. The van der Waals surface area contributed by atoms with Gasteiger partial charge in [0.2, 0.25) is 5.91 Å². The van der Waals surface area contributed by atoms with Crippen LogP contribution in [0.25, 0.3) is 0 Å². The van der Waals surface area contributed by atoms with Crippen LogP contribution in [0, 0.1) is 5.41 Å². The molecule has 0 unspecified atom stereocenters. The Morgan fingerprint density at radius 3 is 2.42 bits per heavy atom. The molecule has 0 saturated heterocycles. The van der Waals surface area contributed by atoms with Crippen molar-refractivity contribution in [2.24, 2.45) is 5.41 Å². The number of aliphatic hydroxyl groups is 1. The molecule has 1 amide bonds. The summed E-state index contributed by atoms with van der Waals surface area (Å²) in [5.41, 5.74) is 0.269. The van der Waals surface area contributed by atoms with Gasteiger partial charge in [0, 0.05) is 17.0 Å². The minimum Gasteiger partial charge on any atom is -0.396 e. The minimum atomic E-state index is -0.601. The van der Waals surface area contributed by atoms with Gasteiger partial charge in [-0.25, -0.2) is 0 Å². The van der Waals surface area contributed by atoms with Crippen LogP contribution < -0.4 is 5.32 Å². The highest BCUT2D eigenvalue weighted by atomic mass is 35.5. The number of carbonyl (C=O) groups is 1. The molecule has 1 aliphatic carbocycles. The first-order valence-corrected chi connectivity index (χ1v) is 6.93. The van der Waals surface area contributed by atoms with Crippen LogP contribution in [0.4, 0.5) is 0 Å². The third kappa shape index (κ3) is 3.10. The van der Waals surface area contributed by atoms with Crippen LogP contribution in [0.15, 0.2) is 24.3 Å². The van der Waals surface area contributed by atoms with Crippen molar-refractivity contribution in [1.82, 2.24) is 5.32 Å². The van der Waals surface area contributed by atoms with Gasteiger partial charge in [0.15, 0.2) is 0 Å². The van der Waals surface area contributed by atoms with Gasteiger partial charge in [-0.1, -0.05) is 23.7 Å². The number of halogens is 1. The molecule has 104 valence electrons. The minimum absolute atomic E-state index is 0.0189. The molecule has 0 radical (unpaired) electrons. The lowest BCUT2D eigenvalue weighted by atomic mass is 9.83. The average molecular weight is 282 g/mol. The Kier molecular flexibility index (Phi) is 3.88. The fraction of sp³-hybridized carbons (Fsp3) is 0.533. The van der Waals surface area contributed by atoms with Crippen molar-refractivity contribution in [3.05, 3.63) is 34.9 Å². The summed E-state index contributed by atoms with van der Waals surface area (Å²) in [6.45, 7) is 4.49. The van der Waals surface area contributed by atoms with E-state index in [0.29, 0.717) is 11.6 Å². The van der Waals surface area contributed by atoms with Crippen molar-refractivity contribution in [2.75, 3.05) is 13.2 Å². The highest BCUT2D eigenvalue weighted by Crippen LogP contribution is 2.44. The van der Waals surface area contributed by atoms with E-state index in [9.17, 15) is 9.90 Å².